The Morgan fingerprint density at radius 1 is 1.37 bits per heavy atom. The van der Waals surface area contributed by atoms with Crippen molar-refractivity contribution in [2.24, 2.45) is 10.9 Å². The van der Waals surface area contributed by atoms with Gasteiger partial charge in [0, 0.05) is 19.3 Å². The molecular formula is C11H19F3N2O2S. The van der Waals surface area contributed by atoms with Crippen LogP contribution in [0.25, 0.3) is 0 Å². The number of aliphatic imine (C=N–C) groups is 1. The number of nitrogens with zero attached hydrogens (tertiary/aromatic N) is 1. The second-order valence-corrected chi connectivity index (χ2v) is 5.86. The van der Waals surface area contributed by atoms with Gasteiger partial charge >= 0.3 is 6.18 Å². The van der Waals surface area contributed by atoms with Gasteiger partial charge in [-0.05, 0) is 13.3 Å². The van der Waals surface area contributed by atoms with Gasteiger partial charge in [0.2, 0.25) is 10.0 Å². The third-order valence-electron chi connectivity index (χ3n) is 2.58. The van der Waals surface area contributed by atoms with Crippen LogP contribution in [0.2, 0.25) is 0 Å². The number of nitrogens with one attached hydrogen (secondary N) is 1. The summed E-state index contributed by atoms with van der Waals surface area (Å²) in [4.78, 5) is 3.46. The molecule has 112 valence electrons. The first kappa shape index (κ1) is 18.1. The molecule has 0 aliphatic carbocycles. The van der Waals surface area contributed by atoms with Gasteiger partial charge < -0.3 is 0 Å². The molecule has 0 heterocycles. The molecule has 0 aliphatic rings. The Hall–Kier alpha value is -0.890. The van der Waals surface area contributed by atoms with E-state index in [9.17, 15) is 21.6 Å². The van der Waals surface area contributed by atoms with E-state index in [1.54, 1.807) is 6.92 Å². The van der Waals surface area contributed by atoms with Crippen LogP contribution in [0.4, 0.5) is 13.2 Å². The Labute approximate surface area is 111 Å². The topological polar surface area (TPSA) is 58.5 Å². The quantitative estimate of drug-likeness (QED) is 0.766. The van der Waals surface area contributed by atoms with Crippen LogP contribution in [0, 0.1) is 5.92 Å². The average molecular weight is 300 g/mol. The number of sulfonamides is 1. The molecule has 2 unspecified atom stereocenters. The molecule has 1 N–H and O–H groups in total. The lowest BCUT2D eigenvalue weighted by molar-refractivity contribution is -0.174. The SMILES string of the molecule is CC/C=C(\C=NC)S(=O)(=O)NC(C)C(C)C(F)(F)F. The fourth-order valence-electron chi connectivity index (χ4n) is 1.26. The van der Waals surface area contributed by atoms with Gasteiger partial charge in [-0.3, -0.25) is 4.99 Å². The Bertz CT molecular complexity index is 441. The number of hydrogen-bond acceptors (Lipinski definition) is 3. The molecule has 19 heavy (non-hydrogen) atoms. The van der Waals surface area contributed by atoms with Gasteiger partial charge in [0.15, 0.2) is 0 Å². The van der Waals surface area contributed by atoms with Crippen LogP contribution < -0.4 is 4.72 Å². The predicted octanol–water partition coefficient (Wildman–Crippen LogP) is 2.49. The molecule has 4 nitrogen and oxygen atoms in total. The summed E-state index contributed by atoms with van der Waals surface area (Å²) in [6, 6.07) is -1.25. The Morgan fingerprint density at radius 2 is 1.89 bits per heavy atom. The standard InChI is InChI=1S/C11H19F3N2O2S/c1-5-6-10(7-15-4)19(17,18)16-9(3)8(2)11(12,13)14/h6-9,16H,5H2,1-4H3/b10-6+,15-7?. The molecule has 0 aromatic rings. The lowest BCUT2D eigenvalue weighted by Crippen LogP contribution is -2.43. The third kappa shape index (κ3) is 5.73. The summed E-state index contributed by atoms with van der Waals surface area (Å²) < 4.78 is 63.3. The Balaban J connectivity index is 5.11. The van der Waals surface area contributed by atoms with Gasteiger partial charge in [0.05, 0.1) is 10.8 Å². The first-order valence-corrected chi connectivity index (χ1v) is 7.26. The monoisotopic (exact) mass is 300 g/mol. The van der Waals surface area contributed by atoms with Crippen molar-refractivity contribution in [2.75, 3.05) is 7.05 Å². The summed E-state index contributed by atoms with van der Waals surface area (Å²) in [6.45, 7) is 3.84. The summed E-state index contributed by atoms with van der Waals surface area (Å²) in [7, 11) is -2.60. The summed E-state index contributed by atoms with van der Waals surface area (Å²) >= 11 is 0. The Kier molecular flexibility index (Phi) is 6.71. The summed E-state index contributed by atoms with van der Waals surface area (Å²) in [5.74, 6) is -1.77. The minimum absolute atomic E-state index is 0.126. The molecular weight excluding hydrogens is 281 g/mol. The highest BCUT2D eigenvalue weighted by molar-refractivity contribution is 7.94. The van der Waals surface area contributed by atoms with Gasteiger partial charge in [-0.2, -0.15) is 13.2 Å². The van der Waals surface area contributed by atoms with Crippen molar-refractivity contribution in [2.45, 2.75) is 39.4 Å². The van der Waals surface area contributed by atoms with Crippen LogP contribution in [0.3, 0.4) is 0 Å². The molecule has 0 saturated carbocycles. The molecule has 0 amide bonds. The van der Waals surface area contributed by atoms with Gasteiger partial charge in [0.1, 0.15) is 0 Å². The van der Waals surface area contributed by atoms with Crippen molar-refractivity contribution in [1.82, 2.24) is 4.72 Å². The second kappa shape index (κ2) is 7.04. The smallest absolute Gasteiger partial charge is 0.295 e. The van der Waals surface area contributed by atoms with Crippen molar-refractivity contribution in [3.05, 3.63) is 11.0 Å². The first-order valence-electron chi connectivity index (χ1n) is 5.77. The zero-order chi connectivity index (χ0) is 15.3. The highest BCUT2D eigenvalue weighted by Gasteiger charge is 2.40. The van der Waals surface area contributed by atoms with E-state index in [-0.39, 0.29) is 4.91 Å². The van der Waals surface area contributed by atoms with E-state index in [1.165, 1.54) is 20.0 Å². The number of rotatable bonds is 6. The van der Waals surface area contributed by atoms with E-state index < -0.39 is 28.2 Å². The van der Waals surface area contributed by atoms with Gasteiger partial charge in [0.25, 0.3) is 0 Å². The van der Waals surface area contributed by atoms with Gasteiger partial charge in [-0.15, -0.1) is 0 Å². The normalized spacial score (nSPS) is 17.7. The van der Waals surface area contributed by atoms with Gasteiger partial charge in [-0.25, -0.2) is 13.1 Å². The molecule has 0 rings (SSSR count). The van der Waals surface area contributed by atoms with Crippen LogP contribution in [0.1, 0.15) is 27.2 Å². The summed E-state index contributed by atoms with van der Waals surface area (Å²) in [5, 5.41) is 0. The molecule has 0 radical (unpaired) electrons. The van der Waals surface area contributed by atoms with E-state index in [0.29, 0.717) is 6.42 Å². The molecule has 0 aliphatic heterocycles. The zero-order valence-corrected chi connectivity index (χ0v) is 12.1. The molecule has 8 heteroatoms. The average Bonchev–Trinajstić information content (AvgIpc) is 2.25. The maximum atomic E-state index is 12.5. The van der Waals surface area contributed by atoms with E-state index in [1.807, 2.05) is 4.72 Å². The summed E-state index contributed by atoms with van der Waals surface area (Å²) in [5.41, 5.74) is 0. The van der Waals surface area contributed by atoms with Crippen LogP contribution in [-0.4, -0.2) is 33.9 Å². The minimum Gasteiger partial charge on any atom is -0.295 e. The number of alkyl halides is 3. The van der Waals surface area contributed by atoms with Crippen molar-refractivity contribution in [3.63, 3.8) is 0 Å². The van der Waals surface area contributed by atoms with E-state index >= 15 is 0 Å². The summed E-state index contributed by atoms with van der Waals surface area (Å²) in [6.07, 6.45) is -1.52. The molecule has 0 aromatic carbocycles. The lowest BCUT2D eigenvalue weighted by Gasteiger charge is -2.23. The van der Waals surface area contributed by atoms with E-state index in [2.05, 4.69) is 4.99 Å². The molecule has 2 atom stereocenters. The van der Waals surface area contributed by atoms with Crippen LogP contribution in [-0.2, 0) is 10.0 Å². The molecule has 0 bridgehead atoms. The maximum absolute atomic E-state index is 12.5. The van der Waals surface area contributed by atoms with Crippen molar-refractivity contribution < 1.29 is 21.6 Å². The Morgan fingerprint density at radius 3 is 2.26 bits per heavy atom. The van der Waals surface area contributed by atoms with Gasteiger partial charge in [-0.1, -0.05) is 19.9 Å². The zero-order valence-electron chi connectivity index (χ0n) is 11.3. The number of halogens is 3. The molecule has 0 spiro atoms. The second-order valence-electron chi connectivity index (χ2n) is 4.14. The van der Waals surface area contributed by atoms with Crippen LogP contribution in [0.5, 0.6) is 0 Å². The van der Waals surface area contributed by atoms with Crippen LogP contribution >= 0.6 is 0 Å². The molecule has 0 fully saturated rings. The highest BCUT2D eigenvalue weighted by Crippen LogP contribution is 2.28. The van der Waals surface area contributed by atoms with E-state index in [4.69, 9.17) is 0 Å². The highest BCUT2D eigenvalue weighted by atomic mass is 32.2. The largest absolute Gasteiger partial charge is 0.393 e. The predicted molar refractivity (Wildman–Crippen MR) is 69.5 cm³/mol. The lowest BCUT2D eigenvalue weighted by atomic mass is 10.1. The van der Waals surface area contributed by atoms with Crippen molar-refractivity contribution >= 4 is 16.2 Å². The molecule has 0 saturated heterocycles. The molecule has 0 aromatic heterocycles. The minimum atomic E-state index is -4.45. The third-order valence-corrected chi connectivity index (χ3v) is 4.15. The fourth-order valence-corrected chi connectivity index (χ4v) is 2.72. The van der Waals surface area contributed by atoms with Crippen molar-refractivity contribution in [1.29, 1.82) is 0 Å². The fraction of sp³-hybridized carbons (Fsp3) is 0.727. The number of hydrogen-bond donors (Lipinski definition) is 1. The first-order chi connectivity index (χ1) is 8.56. The van der Waals surface area contributed by atoms with Crippen molar-refractivity contribution in [3.8, 4) is 0 Å². The maximum Gasteiger partial charge on any atom is 0.393 e. The number of allylic oxidation sites excluding steroid dienone is 2. The van der Waals surface area contributed by atoms with E-state index in [0.717, 1.165) is 13.1 Å². The van der Waals surface area contributed by atoms with Crippen LogP contribution in [0.15, 0.2) is 16.0 Å².